The summed E-state index contributed by atoms with van der Waals surface area (Å²) >= 11 is 0. The fraction of sp³-hybridized carbons (Fsp3) is 0.500. The zero-order valence-corrected chi connectivity index (χ0v) is 19.4. The van der Waals surface area contributed by atoms with E-state index in [9.17, 15) is 4.79 Å². The summed E-state index contributed by atoms with van der Waals surface area (Å²) in [5.41, 5.74) is 1.36. The lowest BCUT2D eigenvalue weighted by molar-refractivity contribution is 0.0635. The van der Waals surface area contributed by atoms with Crippen molar-refractivity contribution in [2.45, 2.75) is 58.8 Å². The number of nitrogens with zero attached hydrogens (tertiary/aromatic N) is 4. The van der Waals surface area contributed by atoms with Gasteiger partial charge in [-0.05, 0) is 32.9 Å². The Morgan fingerprint density at radius 2 is 2.00 bits per heavy atom. The van der Waals surface area contributed by atoms with Gasteiger partial charge < -0.3 is 19.0 Å². The number of hydrogen-bond donors (Lipinski definition) is 2. The molecule has 1 amide bonds. The van der Waals surface area contributed by atoms with Gasteiger partial charge in [0.05, 0.1) is 5.52 Å². The number of imidazole rings is 2. The molecule has 30 heavy (non-hydrogen) atoms. The smallest absolute Gasteiger partial charge is 0.414 e. The van der Waals surface area contributed by atoms with Crippen molar-refractivity contribution in [1.29, 1.82) is 0 Å². The van der Waals surface area contributed by atoms with E-state index in [1.807, 2.05) is 10.8 Å². The second-order valence-electron chi connectivity index (χ2n) is 9.34. The van der Waals surface area contributed by atoms with Crippen LogP contribution in [0.2, 0.25) is 25.7 Å². The van der Waals surface area contributed by atoms with Crippen molar-refractivity contribution in [1.82, 2.24) is 24.5 Å². The van der Waals surface area contributed by atoms with E-state index in [0.717, 1.165) is 18.2 Å². The third kappa shape index (κ3) is 5.89. The van der Waals surface area contributed by atoms with Crippen LogP contribution in [0.4, 0.5) is 10.7 Å². The highest BCUT2D eigenvalue weighted by atomic mass is 28.3. The molecule has 3 aromatic heterocycles. The Labute approximate surface area is 177 Å². The van der Waals surface area contributed by atoms with Crippen LogP contribution in [0, 0.1) is 0 Å². The van der Waals surface area contributed by atoms with Gasteiger partial charge in [-0.1, -0.05) is 19.6 Å². The molecule has 0 atom stereocenters. The first-order chi connectivity index (χ1) is 14.0. The molecule has 3 aromatic rings. The minimum Gasteiger partial charge on any atom is -0.444 e. The van der Waals surface area contributed by atoms with Crippen molar-refractivity contribution in [3.05, 3.63) is 24.7 Å². The van der Waals surface area contributed by atoms with Gasteiger partial charge in [0.1, 0.15) is 23.5 Å². The first-order valence-electron chi connectivity index (χ1n) is 9.96. The highest BCUT2D eigenvalue weighted by Gasteiger charge is 2.19. The number of hydrogen-bond acceptors (Lipinski definition) is 6. The van der Waals surface area contributed by atoms with Crippen LogP contribution in [0.1, 0.15) is 20.8 Å². The minimum atomic E-state index is -1.14. The summed E-state index contributed by atoms with van der Waals surface area (Å²) in [6.07, 6.45) is 4.67. The summed E-state index contributed by atoms with van der Waals surface area (Å²) in [6.45, 7) is 13.5. The number of aromatic nitrogens is 5. The number of H-pyrrole nitrogens is 1. The average Bonchev–Trinajstić information content (AvgIpc) is 3.21. The molecule has 0 radical (unpaired) electrons. The number of carbonyl (C=O) groups excluding carboxylic acids is 1. The fourth-order valence-electron chi connectivity index (χ4n) is 2.73. The summed E-state index contributed by atoms with van der Waals surface area (Å²) in [5.74, 6) is 0.946. The monoisotopic (exact) mass is 430 g/mol. The Kier molecular flexibility index (Phi) is 6.27. The Hall–Kier alpha value is -2.72. The first kappa shape index (κ1) is 22.0. The molecule has 0 unspecified atom stereocenters. The molecule has 9 nitrogen and oxygen atoms in total. The molecule has 0 saturated heterocycles. The van der Waals surface area contributed by atoms with Crippen LogP contribution in [0.25, 0.3) is 22.6 Å². The maximum atomic E-state index is 12.1. The summed E-state index contributed by atoms with van der Waals surface area (Å²) in [6, 6.07) is 2.90. The molecular formula is C20H30N6O3Si. The van der Waals surface area contributed by atoms with E-state index in [1.165, 1.54) is 0 Å². The van der Waals surface area contributed by atoms with E-state index in [2.05, 4.69) is 44.9 Å². The minimum absolute atomic E-state index is 0.290. The summed E-state index contributed by atoms with van der Waals surface area (Å²) < 4.78 is 13.0. The van der Waals surface area contributed by atoms with Gasteiger partial charge in [0, 0.05) is 33.3 Å². The second-order valence-corrected chi connectivity index (χ2v) is 15.0. The second kappa shape index (κ2) is 8.56. The number of rotatable bonds is 7. The van der Waals surface area contributed by atoms with E-state index in [0.29, 0.717) is 23.8 Å². The SMILES string of the molecule is CC(C)(C)OC(=O)Nc1nc2c(-c3nccn3COCC[Si](C)(C)C)nccc2[nH]1. The molecular weight excluding hydrogens is 400 g/mol. The quantitative estimate of drug-likeness (QED) is 0.423. The normalized spacial score (nSPS) is 12.3. The van der Waals surface area contributed by atoms with Crippen LogP contribution in [0.3, 0.4) is 0 Å². The third-order valence-electron chi connectivity index (χ3n) is 4.17. The van der Waals surface area contributed by atoms with Gasteiger partial charge in [0.2, 0.25) is 5.95 Å². The Morgan fingerprint density at radius 1 is 1.23 bits per heavy atom. The maximum absolute atomic E-state index is 12.1. The molecule has 0 saturated carbocycles. The summed E-state index contributed by atoms with van der Waals surface area (Å²) in [5, 5.41) is 2.63. The van der Waals surface area contributed by atoms with Crippen molar-refractivity contribution in [3.8, 4) is 11.5 Å². The van der Waals surface area contributed by atoms with Gasteiger partial charge in [0.15, 0.2) is 5.82 Å². The van der Waals surface area contributed by atoms with Gasteiger partial charge >= 0.3 is 6.09 Å². The predicted octanol–water partition coefficient (Wildman–Crippen LogP) is 4.48. The molecule has 3 rings (SSSR count). The molecule has 0 spiro atoms. The number of ether oxygens (including phenoxy) is 2. The molecule has 3 heterocycles. The van der Waals surface area contributed by atoms with Crippen LogP contribution in [0.5, 0.6) is 0 Å². The highest BCUT2D eigenvalue weighted by molar-refractivity contribution is 6.76. The van der Waals surface area contributed by atoms with Crippen LogP contribution in [0.15, 0.2) is 24.7 Å². The molecule has 162 valence electrons. The number of carbonyl (C=O) groups is 1. The molecule has 2 N–H and O–H groups in total. The van der Waals surface area contributed by atoms with Crippen LogP contribution in [-0.4, -0.2) is 50.9 Å². The van der Waals surface area contributed by atoms with Gasteiger partial charge in [-0.25, -0.2) is 14.8 Å². The molecule has 0 aliphatic rings. The molecule has 0 aliphatic carbocycles. The molecule has 0 fully saturated rings. The number of amides is 1. The lowest BCUT2D eigenvalue weighted by Gasteiger charge is -2.18. The van der Waals surface area contributed by atoms with Crippen molar-refractivity contribution >= 4 is 31.1 Å². The van der Waals surface area contributed by atoms with E-state index in [-0.39, 0.29) is 5.95 Å². The molecule has 0 bridgehead atoms. The van der Waals surface area contributed by atoms with Crippen LogP contribution >= 0.6 is 0 Å². The largest absolute Gasteiger partial charge is 0.444 e. The van der Waals surface area contributed by atoms with Crippen LogP contribution < -0.4 is 5.32 Å². The number of nitrogens with one attached hydrogen (secondary N) is 2. The standard InChI is InChI=1S/C20H30N6O3Si/c1-20(2,3)29-19(27)25-18-23-14-7-8-21-16(15(14)24-18)17-22-9-10-26(17)13-28-11-12-30(4,5)6/h7-10H,11-13H2,1-6H3,(H2,23,24,25,27). The van der Waals surface area contributed by atoms with E-state index < -0.39 is 19.8 Å². The van der Waals surface area contributed by atoms with Crippen molar-refractivity contribution in [2.24, 2.45) is 0 Å². The Bertz CT molecular complexity index is 1020. The first-order valence-corrected chi connectivity index (χ1v) is 13.7. The number of aromatic amines is 1. The highest BCUT2D eigenvalue weighted by Crippen LogP contribution is 2.25. The van der Waals surface area contributed by atoms with Crippen molar-refractivity contribution in [3.63, 3.8) is 0 Å². The Balaban J connectivity index is 1.78. The van der Waals surface area contributed by atoms with Crippen LogP contribution in [-0.2, 0) is 16.2 Å². The number of pyridine rings is 1. The van der Waals surface area contributed by atoms with Crippen molar-refractivity contribution in [2.75, 3.05) is 11.9 Å². The zero-order chi connectivity index (χ0) is 21.9. The molecule has 0 aromatic carbocycles. The van der Waals surface area contributed by atoms with E-state index in [4.69, 9.17) is 9.47 Å². The van der Waals surface area contributed by atoms with Gasteiger partial charge in [-0.15, -0.1) is 0 Å². The fourth-order valence-corrected chi connectivity index (χ4v) is 3.49. The van der Waals surface area contributed by atoms with Gasteiger partial charge in [0.25, 0.3) is 0 Å². The lowest BCUT2D eigenvalue weighted by atomic mass is 10.2. The number of anilines is 1. The molecule has 10 heteroatoms. The zero-order valence-electron chi connectivity index (χ0n) is 18.4. The number of fused-ring (bicyclic) bond motifs is 1. The maximum Gasteiger partial charge on any atom is 0.414 e. The topological polar surface area (TPSA) is 107 Å². The third-order valence-corrected chi connectivity index (χ3v) is 5.88. The van der Waals surface area contributed by atoms with Gasteiger partial charge in [-0.3, -0.25) is 10.3 Å². The van der Waals surface area contributed by atoms with E-state index in [1.54, 1.807) is 39.2 Å². The van der Waals surface area contributed by atoms with Gasteiger partial charge in [-0.2, -0.15) is 0 Å². The molecule has 0 aliphatic heterocycles. The average molecular weight is 431 g/mol. The summed E-state index contributed by atoms with van der Waals surface area (Å²) in [7, 11) is -1.14. The van der Waals surface area contributed by atoms with Crippen molar-refractivity contribution < 1.29 is 14.3 Å². The van der Waals surface area contributed by atoms with E-state index >= 15 is 0 Å². The lowest BCUT2D eigenvalue weighted by Crippen LogP contribution is -2.27. The summed E-state index contributed by atoms with van der Waals surface area (Å²) in [4.78, 5) is 28.5. The Morgan fingerprint density at radius 3 is 2.70 bits per heavy atom. The predicted molar refractivity (Wildman–Crippen MR) is 119 cm³/mol.